The Morgan fingerprint density at radius 1 is 1.00 bits per heavy atom. The molecular weight excluding hydrogens is 288 g/mol. The van der Waals surface area contributed by atoms with Crippen LogP contribution in [-0.4, -0.2) is 10.5 Å². The lowest BCUT2D eigenvalue weighted by Gasteiger charge is -2.14. The number of fused-ring (bicyclic) bond motifs is 1. The summed E-state index contributed by atoms with van der Waals surface area (Å²) in [5, 5.41) is 3.59. The van der Waals surface area contributed by atoms with Crippen molar-refractivity contribution in [3.63, 3.8) is 0 Å². The van der Waals surface area contributed by atoms with Crippen molar-refractivity contribution in [1.29, 1.82) is 0 Å². The molecule has 0 bridgehead atoms. The third-order valence-electron chi connectivity index (χ3n) is 3.94. The first-order chi connectivity index (χ1) is 11.1. The summed E-state index contributed by atoms with van der Waals surface area (Å²) in [6.07, 6.45) is 1.66. The number of hydrogen-bond donors (Lipinski definition) is 1. The van der Waals surface area contributed by atoms with Gasteiger partial charge in [-0.3, -0.25) is 9.59 Å². The van der Waals surface area contributed by atoms with E-state index in [1.54, 1.807) is 16.8 Å². The molecule has 0 atom stereocenters. The Bertz CT molecular complexity index is 921. The molecule has 0 fully saturated rings. The monoisotopic (exact) mass is 306 g/mol. The molecule has 1 aromatic heterocycles. The van der Waals surface area contributed by atoms with E-state index in [0.717, 1.165) is 22.3 Å². The second kappa shape index (κ2) is 6.08. The minimum atomic E-state index is -0.115. The van der Waals surface area contributed by atoms with Gasteiger partial charge in [-0.15, -0.1) is 0 Å². The largest absolute Gasteiger partial charge is 0.338 e. The molecule has 0 saturated heterocycles. The van der Waals surface area contributed by atoms with Crippen LogP contribution in [0.4, 0.5) is 5.69 Å². The number of aryl methyl sites for hydroxylation is 2. The van der Waals surface area contributed by atoms with Gasteiger partial charge < -0.3 is 9.88 Å². The Kier molecular flexibility index (Phi) is 3.98. The van der Waals surface area contributed by atoms with Crippen LogP contribution in [0.1, 0.15) is 11.1 Å². The van der Waals surface area contributed by atoms with Crippen molar-refractivity contribution >= 4 is 22.5 Å². The van der Waals surface area contributed by atoms with E-state index in [0.29, 0.717) is 5.39 Å². The lowest BCUT2D eigenvalue weighted by molar-refractivity contribution is -0.116. The topological polar surface area (TPSA) is 51.1 Å². The zero-order valence-corrected chi connectivity index (χ0v) is 13.2. The predicted molar refractivity (Wildman–Crippen MR) is 92.8 cm³/mol. The highest BCUT2D eigenvalue weighted by Gasteiger charge is 2.09. The van der Waals surface area contributed by atoms with Crippen LogP contribution in [0.15, 0.2) is 59.5 Å². The van der Waals surface area contributed by atoms with E-state index in [2.05, 4.69) is 5.32 Å². The maximum Gasteiger partial charge on any atom is 0.244 e. The molecule has 4 nitrogen and oxygen atoms in total. The summed E-state index contributed by atoms with van der Waals surface area (Å²) < 4.78 is 1.79. The number of benzene rings is 2. The molecule has 116 valence electrons. The summed E-state index contributed by atoms with van der Waals surface area (Å²) in [5.41, 5.74) is 3.64. The Hall–Kier alpha value is -2.88. The number of carbonyl (C=O) groups is 1. The van der Waals surface area contributed by atoms with Crippen LogP contribution in [0.3, 0.4) is 0 Å². The molecule has 0 spiro atoms. The third kappa shape index (κ3) is 3.01. The van der Waals surface area contributed by atoms with Crippen molar-refractivity contribution in [3.8, 4) is 0 Å². The second-order valence-electron chi connectivity index (χ2n) is 5.64. The third-order valence-corrected chi connectivity index (χ3v) is 3.94. The number of rotatable bonds is 3. The highest BCUT2D eigenvalue weighted by Crippen LogP contribution is 2.19. The van der Waals surface area contributed by atoms with E-state index in [-0.39, 0.29) is 17.9 Å². The minimum absolute atomic E-state index is 0.0352. The summed E-state index contributed by atoms with van der Waals surface area (Å²) in [6.45, 7) is 4.10. The molecule has 1 amide bonds. The lowest BCUT2D eigenvalue weighted by atomic mass is 10.1. The number of nitrogens with zero attached hydrogens (tertiary/aromatic N) is 1. The molecule has 1 N–H and O–H groups in total. The first-order valence-electron chi connectivity index (χ1n) is 7.50. The van der Waals surface area contributed by atoms with Crippen LogP contribution < -0.4 is 10.7 Å². The van der Waals surface area contributed by atoms with Gasteiger partial charge in [0.2, 0.25) is 5.91 Å². The summed E-state index contributed by atoms with van der Waals surface area (Å²) in [6, 6.07) is 14.7. The molecule has 0 aliphatic carbocycles. The molecule has 0 unspecified atom stereocenters. The van der Waals surface area contributed by atoms with Crippen molar-refractivity contribution in [1.82, 2.24) is 4.57 Å². The molecule has 0 aliphatic rings. The number of carbonyl (C=O) groups excluding carboxylic acids is 1. The van der Waals surface area contributed by atoms with Gasteiger partial charge in [-0.05, 0) is 37.1 Å². The lowest BCUT2D eigenvalue weighted by Crippen LogP contribution is -2.21. The van der Waals surface area contributed by atoms with Crippen LogP contribution >= 0.6 is 0 Å². The zero-order valence-electron chi connectivity index (χ0n) is 13.2. The van der Waals surface area contributed by atoms with E-state index >= 15 is 0 Å². The number of nitrogens with one attached hydrogen (secondary N) is 1. The summed E-state index contributed by atoms with van der Waals surface area (Å²) in [4.78, 5) is 24.3. The molecule has 2 aromatic carbocycles. The van der Waals surface area contributed by atoms with Crippen molar-refractivity contribution < 1.29 is 4.79 Å². The molecular formula is C19H18N2O2. The number of amides is 1. The SMILES string of the molecule is Cc1cccc(C)c1NC(=O)Cn1ccc(=O)c2ccccc21. The first kappa shape index (κ1) is 15.0. The van der Waals surface area contributed by atoms with Crippen molar-refractivity contribution in [3.05, 3.63) is 76.1 Å². The van der Waals surface area contributed by atoms with Crippen LogP contribution in [-0.2, 0) is 11.3 Å². The zero-order chi connectivity index (χ0) is 16.4. The van der Waals surface area contributed by atoms with Crippen molar-refractivity contribution in [2.45, 2.75) is 20.4 Å². The first-order valence-corrected chi connectivity index (χ1v) is 7.50. The molecule has 3 rings (SSSR count). The smallest absolute Gasteiger partial charge is 0.244 e. The normalized spacial score (nSPS) is 10.7. The van der Waals surface area contributed by atoms with E-state index < -0.39 is 0 Å². The number of aromatic nitrogens is 1. The standard InChI is InChI=1S/C19H18N2O2/c1-13-6-5-7-14(2)19(13)20-18(23)12-21-11-10-17(22)15-8-3-4-9-16(15)21/h3-11H,12H2,1-2H3,(H,20,23). The van der Waals surface area contributed by atoms with Crippen LogP contribution in [0, 0.1) is 13.8 Å². The summed E-state index contributed by atoms with van der Waals surface area (Å²) in [5.74, 6) is -0.115. The van der Waals surface area contributed by atoms with E-state index in [4.69, 9.17) is 0 Å². The van der Waals surface area contributed by atoms with Gasteiger partial charge in [0, 0.05) is 23.3 Å². The van der Waals surface area contributed by atoms with E-state index in [1.807, 2.05) is 50.2 Å². The molecule has 0 saturated carbocycles. The van der Waals surface area contributed by atoms with Gasteiger partial charge in [-0.25, -0.2) is 0 Å². The molecule has 4 heteroatoms. The van der Waals surface area contributed by atoms with Crippen LogP contribution in [0.5, 0.6) is 0 Å². The molecule has 1 heterocycles. The van der Waals surface area contributed by atoms with Gasteiger partial charge in [0.1, 0.15) is 6.54 Å². The van der Waals surface area contributed by atoms with Crippen LogP contribution in [0.2, 0.25) is 0 Å². The number of para-hydroxylation sites is 2. The highest BCUT2D eigenvalue weighted by molar-refractivity contribution is 5.93. The van der Waals surface area contributed by atoms with Gasteiger partial charge in [-0.2, -0.15) is 0 Å². The van der Waals surface area contributed by atoms with Gasteiger partial charge >= 0.3 is 0 Å². The fourth-order valence-corrected chi connectivity index (χ4v) is 2.74. The van der Waals surface area contributed by atoms with Crippen LogP contribution in [0.25, 0.3) is 10.9 Å². The van der Waals surface area contributed by atoms with Gasteiger partial charge in [0.15, 0.2) is 5.43 Å². The average molecular weight is 306 g/mol. The highest BCUT2D eigenvalue weighted by atomic mass is 16.2. The fourth-order valence-electron chi connectivity index (χ4n) is 2.74. The Labute approximate surface area is 134 Å². The maximum atomic E-state index is 12.4. The van der Waals surface area contributed by atoms with E-state index in [1.165, 1.54) is 6.07 Å². The fraction of sp³-hybridized carbons (Fsp3) is 0.158. The van der Waals surface area contributed by atoms with Crippen molar-refractivity contribution in [2.75, 3.05) is 5.32 Å². The Balaban J connectivity index is 1.90. The number of hydrogen-bond acceptors (Lipinski definition) is 2. The number of anilines is 1. The second-order valence-corrected chi connectivity index (χ2v) is 5.64. The molecule has 23 heavy (non-hydrogen) atoms. The number of pyridine rings is 1. The molecule has 0 radical (unpaired) electrons. The Morgan fingerprint density at radius 3 is 2.43 bits per heavy atom. The minimum Gasteiger partial charge on any atom is -0.338 e. The van der Waals surface area contributed by atoms with Crippen molar-refractivity contribution in [2.24, 2.45) is 0 Å². The maximum absolute atomic E-state index is 12.4. The van der Waals surface area contributed by atoms with Gasteiger partial charge in [0.25, 0.3) is 0 Å². The Morgan fingerprint density at radius 2 is 1.70 bits per heavy atom. The summed E-state index contributed by atoms with van der Waals surface area (Å²) in [7, 11) is 0. The molecule has 0 aliphatic heterocycles. The van der Waals surface area contributed by atoms with Gasteiger partial charge in [-0.1, -0.05) is 30.3 Å². The predicted octanol–water partition coefficient (Wildman–Crippen LogP) is 3.26. The average Bonchev–Trinajstić information content (AvgIpc) is 2.54. The van der Waals surface area contributed by atoms with Gasteiger partial charge in [0.05, 0.1) is 5.52 Å². The quantitative estimate of drug-likeness (QED) is 0.807. The van der Waals surface area contributed by atoms with E-state index in [9.17, 15) is 9.59 Å². The summed E-state index contributed by atoms with van der Waals surface area (Å²) >= 11 is 0. The molecule has 3 aromatic rings.